The van der Waals surface area contributed by atoms with Gasteiger partial charge in [-0.25, -0.2) is 4.79 Å². The van der Waals surface area contributed by atoms with Crippen molar-refractivity contribution in [3.63, 3.8) is 0 Å². The van der Waals surface area contributed by atoms with E-state index in [1.807, 2.05) is 6.07 Å². The number of nitriles is 1. The zero-order valence-electron chi connectivity index (χ0n) is 11.6. The summed E-state index contributed by atoms with van der Waals surface area (Å²) in [6, 6.07) is 8.23. The van der Waals surface area contributed by atoms with Crippen LogP contribution in [0.3, 0.4) is 0 Å². The molecule has 1 aromatic carbocycles. The monoisotopic (exact) mass is 291 g/mol. The fourth-order valence-electron chi connectivity index (χ4n) is 1.63. The molecule has 1 atom stereocenters. The second-order valence-electron chi connectivity index (χ2n) is 4.91. The smallest absolute Gasteiger partial charge is 0.319 e. The zero-order chi connectivity index (χ0) is 15.9. The average molecular weight is 291 g/mol. The molecule has 0 aliphatic rings. The summed E-state index contributed by atoms with van der Waals surface area (Å²) in [6.07, 6.45) is -0.166. The molecule has 7 nitrogen and oxygen atoms in total. The van der Waals surface area contributed by atoms with Crippen molar-refractivity contribution in [2.45, 2.75) is 25.4 Å². The van der Waals surface area contributed by atoms with Gasteiger partial charge in [-0.1, -0.05) is 12.1 Å². The number of hydrogen-bond donors (Lipinski definition) is 4. The van der Waals surface area contributed by atoms with Crippen molar-refractivity contribution >= 4 is 17.7 Å². The Balaban J connectivity index is 2.47. The Bertz CT molecular complexity index is 546. The van der Waals surface area contributed by atoms with Crippen molar-refractivity contribution in [3.05, 3.63) is 29.8 Å². The molecule has 0 spiro atoms. The molecule has 2 amide bonds. The van der Waals surface area contributed by atoms with Crippen LogP contribution < -0.4 is 10.6 Å². The van der Waals surface area contributed by atoms with Gasteiger partial charge in [-0.15, -0.1) is 0 Å². The number of benzene rings is 1. The lowest BCUT2D eigenvalue weighted by molar-refractivity contribution is -0.141. The second-order valence-corrected chi connectivity index (χ2v) is 4.91. The molecule has 4 N–H and O–H groups in total. The SMILES string of the molecule is CC(O)(CNC(=O)Nc1ccc(CC#N)cc1)CC(=O)O. The van der Waals surface area contributed by atoms with Gasteiger partial charge in [-0.05, 0) is 24.6 Å². The molecule has 0 saturated heterocycles. The van der Waals surface area contributed by atoms with E-state index in [1.165, 1.54) is 6.92 Å². The van der Waals surface area contributed by atoms with Gasteiger partial charge in [0.25, 0.3) is 0 Å². The van der Waals surface area contributed by atoms with Gasteiger partial charge in [0.1, 0.15) is 0 Å². The lowest BCUT2D eigenvalue weighted by Gasteiger charge is -2.21. The maximum absolute atomic E-state index is 11.6. The molecule has 1 aromatic rings. The number of nitrogens with zero attached hydrogens (tertiary/aromatic N) is 1. The Morgan fingerprint density at radius 3 is 2.48 bits per heavy atom. The van der Waals surface area contributed by atoms with Crippen molar-refractivity contribution in [3.8, 4) is 6.07 Å². The van der Waals surface area contributed by atoms with Crippen LogP contribution in [-0.4, -0.2) is 34.4 Å². The molecular formula is C14H17N3O4. The standard InChI is InChI=1S/C14H17N3O4/c1-14(21,8-12(18)19)9-16-13(20)17-11-4-2-10(3-5-11)6-7-15/h2-5,21H,6,8-9H2,1H3,(H,18,19)(H2,16,17,20). The van der Waals surface area contributed by atoms with Gasteiger partial charge in [0, 0.05) is 12.2 Å². The quantitative estimate of drug-likeness (QED) is 0.625. The molecular weight excluding hydrogens is 274 g/mol. The molecule has 0 radical (unpaired) electrons. The Morgan fingerprint density at radius 2 is 1.95 bits per heavy atom. The lowest BCUT2D eigenvalue weighted by atomic mass is 10.0. The fraction of sp³-hybridized carbons (Fsp3) is 0.357. The minimum atomic E-state index is -1.51. The third-order valence-electron chi connectivity index (χ3n) is 2.66. The van der Waals surface area contributed by atoms with Crippen LogP contribution in [0.25, 0.3) is 0 Å². The molecule has 0 bridgehead atoms. The Kier molecular flexibility index (Phi) is 5.69. The van der Waals surface area contributed by atoms with E-state index in [9.17, 15) is 14.7 Å². The van der Waals surface area contributed by atoms with Gasteiger partial charge >= 0.3 is 12.0 Å². The predicted octanol–water partition coefficient (Wildman–Crippen LogP) is 1.10. The normalized spacial score (nSPS) is 12.8. The highest BCUT2D eigenvalue weighted by Crippen LogP contribution is 2.10. The summed E-state index contributed by atoms with van der Waals surface area (Å²) in [6.45, 7) is 1.15. The number of aliphatic carboxylic acids is 1. The van der Waals surface area contributed by atoms with E-state index in [4.69, 9.17) is 10.4 Å². The number of amides is 2. The first-order valence-corrected chi connectivity index (χ1v) is 6.27. The number of carboxylic acid groups (broad SMARTS) is 1. The molecule has 0 aromatic heterocycles. The van der Waals surface area contributed by atoms with Gasteiger partial charge in [0.15, 0.2) is 0 Å². The Hall–Kier alpha value is -2.59. The van der Waals surface area contributed by atoms with Gasteiger partial charge in [0.05, 0.1) is 24.5 Å². The van der Waals surface area contributed by atoms with Gasteiger partial charge in [0.2, 0.25) is 0 Å². The highest BCUT2D eigenvalue weighted by Gasteiger charge is 2.24. The molecule has 0 saturated carbocycles. The highest BCUT2D eigenvalue weighted by atomic mass is 16.4. The van der Waals surface area contributed by atoms with Crippen molar-refractivity contribution < 1.29 is 19.8 Å². The molecule has 1 unspecified atom stereocenters. The highest BCUT2D eigenvalue weighted by molar-refractivity contribution is 5.89. The van der Waals surface area contributed by atoms with E-state index in [2.05, 4.69) is 10.6 Å². The summed E-state index contributed by atoms with van der Waals surface area (Å²) in [7, 11) is 0. The van der Waals surface area contributed by atoms with Crippen LogP contribution in [0.2, 0.25) is 0 Å². The summed E-state index contributed by atoms with van der Waals surface area (Å²) in [4.78, 5) is 22.1. The Morgan fingerprint density at radius 1 is 1.33 bits per heavy atom. The van der Waals surface area contributed by atoms with Crippen LogP contribution in [0.5, 0.6) is 0 Å². The lowest BCUT2D eigenvalue weighted by Crippen LogP contribution is -2.43. The summed E-state index contributed by atoms with van der Waals surface area (Å²) < 4.78 is 0. The average Bonchev–Trinajstić information content (AvgIpc) is 2.38. The van der Waals surface area contributed by atoms with Crippen molar-refractivity contribution in [1.29, 1.82) is 5.26 Å². The van der Waals surface area contributed by atoms with Crippen LogP contribution in [0.15, 0.2) is 24.3 Å². The molecule has 112 valence electrons. The van der Waals surface area contributed by atoms with Crippen LogP contribution >= 0.6 is 0 Å². The van der Waals surface area contributed by atoms with Crippen LogP contribution in [0.4, 0.5) is 10.5 Å². The number of carboxylic acids is 1. The van der Waals surface area contributed by atoms with Gasteiger partial charge in [-0.2, -0.15) is 5.26 Å². The summed E-state index contributed by atoms with van der Waals surface area (Å²) in [5, 5.41) is 31.8. The van der Waals surface area contributed by atoms with E-state index in [1.54, 1.807) is 24.3 Å². The van der Waals surface area contributed by atoms with E-state index in [-0.39, 0.29) is 6.54 Å². The molecule has 0 aliphatic carbocycles. The number of nitrogens with one attached hydrogen (secondary N) is 2. The summed E-state index contributed by atoms with van der Waals surface area (Å²) in [5.74, 6) is -1.14. The van der Waals surface area contributed by atoms with E-state index in [0.717, 1.165) is 5.56 Å². The van der Waals surface area contributed by atoms with Gasteiger partial charge in [-0.3, -0.25) is 4.79 Å². The minimum absolute atomic E-state index is 0.183. The number of anilines is 1. The first-order valence-electron chi connectivity index (χ1n) is 6.27. The molecule has 1 rings (SSSR count). The number of rotatable bonds is 6. The van der Waals surface area contributed by atoms with Crippen LogP contribution in [0.1, 0.15) is 18.9 Å². The van der Waals surface area contributed by atoms with Crippen molar-refractivity contribution in [1.82, 2.24) is 5.32 Å². The van der Waals surface area contributed by atoms with Crippen LogP contribution in [0, 0.1) is 11.3 Å². The predicted molar refractivity (Wildman–Crippen MR) is 75.7 cm³/mol. The minimum Gasteiger partial charge on any atom is -0.481 e. The number of urea groups is 1. The zero-order valence-corrected chi connectivity index (χ0v) is 11.6. The number of aliphatic hydroxyl groups is 1. The van der Waals surface area contributed by atoms with Crippen LogP contribution in [-0.2, 0) is 11.2 Å². The topological polar surface area (TPSA) is 122 Å². The molecule has 7 heteroatoms. The van der Waals surface area contributed by atoms with E-state index >= 15 is 0 Å². The molecule has 0 heterocycles. The van der Waals surface area contributed by atoms with Crippen molar-refractivity contribution in [2.75, 3.05) is 11.9 Å². The number of carbonyl (C=O) groups is 2. The van der Waals surface area contributed by atoms with Crippen molar-refractivity contribution in [2.24, 2.45) is 0 Å². The Labute approximate surface area is 122 Å². The maximum atomic E-state index is 11.6. The second kappa shape index (κ2) is 7.26. The number of hydrogen-bond acceptors (Lipinski definition) is 4. The largest absolute Gasteiger partial charge is 0.481 e. The first-order chi connectivity index (χ1) is 9.82. The van der Waals surface area contributed by atoms with E-state index in [0.29, 0.717) is 12.1 Å². The number of carbonyl (C=O) groups excluding carboxylic acids is 1. The first kappa shape index (κ1) is 16.5. The van der Waals surface area contributed by atoms with E-state index < -0.39 is 24.0 Å². The summed E-state index contributed by atoms with van der Waals surface area (Å²) in [5.41, 5.74) is -0.139. The van der Waals surface area contributed by atoms with Gasteiger partial charge < -0.3 is 20.8 Å². The maximum Gasteiger partial charge on any atom is 0.319 e. The summed E-state index contributed by atoms with van der Waals surface area (Å²) >= 11 is 0. The molecule has 21 heavy (non-hydrogen) atoms. The third kappa shape index (κ3) is 6.40. The fourth-order valence-corrected chi connectivity index (χ4v) is 1.63. The molecule has 0 aliphatic heterocycles. The third-order valence-corrected chi connectivity index (χ3v) is 2.66. The molecule has 0 fully saturated rings.